The van der Waals surface area contributed by atoms with Crippen LogP contribution in [0.4, 0.5) is 0 Å². The fourth-order valence-electron chi connectivity index (χ4n) is 1.54. The summed E-state index contributed by atoms with van der Waals surface area (Å²) >= 11 is 1.67. The summed E-state index contributed by atoms with van der Waals surface area (Å²) in [6, 6.07) is 3.92. The lowest BCUT2D eigenvalue weighted by Crippen LogP contribution is -2.32. The zero-order chi connectivity index (χ0) is 12.5. The normalized spacial score (nSPS) is 12.0. The van der Waals surface area contributed by atoms with E-state index >= 15 is 0 Å². The van der Waals surface area contributed by atoms with Crippen molar-refractivity contribution in [3.05, 3.63) is 28.3 Å². The van der Waals surface area contributed by atoms with Crippen LogP contribution in [0.15, 0.2) is 21.9 Å². The van der Waals surface area contributed by atoms with Crippen LogP contribution in [0, 0.1) is 6.92 Å². The zero-order valence-electron chi connectivity index (χ0n) is 10.5. The maximum absolute atomic E-state index is 5.96. The van der Waals surface area contributed by atoms with E-state index in [1.54, 1.807) is 11.3 Å². The van der Waals surface area contributed by atoms with E-state index in [-0.39, 0.29) is 5.54 Å². The van der Waals surface area contributed by atoms with Gasteiger partial charge in [0.25, 0.3) is 0 Å². The van der Waals surface area contributed by atoms with E-state index in [1.807, 2.05) is 38.3 Å². The first kappa shape index (κ1) is 12.3. The molecular formula is C13H18N2OS. The highest BCUT2D eigenvalue weighted by Gasteiger charge is 2.13. The average molecular weight is 250 g/mol. The van der Waals surface area contributed by atoms with E-state index in [2.05, 4.69) is 4.98 Å². The van der Waals surface area contributed by atoms with Gasteiger partial charge in [0.2, 0.25) is 0 Å². The highest BCUT2D eigenvalue weighted by molar-refractivity contribution is 7.09. The summed E-state index contributed by atoms with van der Waals surface area (Å²) in [7, 11) is 0. The molecule has 0 aromatic carbocycles. The van der Waals surface area contributed by atoms with Gasteiger partial charge in [0.15, 0.2) is 5.76 Å². The van der Waals surface area contributed by atoms with Gasteiger partial charge in [-0.1, -0.05) is 0 Å². The smallest absolute Gasteiger partial charge is 0.153 e. The Hall–Kier alpha value is -1.13. The molecule has 0 aliphatic heterocycles. The van der Waals surface area contributed by atoms with Crippen molar-refractivity contribution in [1.29, 1.82) is 0 Å². The molecule has 0 spiro atoms. The fraction of sp³-hybridized carbons (Fsp3) is 0.462. The molecule has 0 aliphatic carbocycles. The Morgan fingerprint density at radius 1 is 1.41 bits per heavy atom. The highest BCUT2D eigenvalue weighted by atomic mass is 32.1. The van der Waals surface area contributed by atoms with Crippen LogP contribution in [-0.4, -0.2) is 10.5 Å². The second-order valence-corrected chi connectivity index (χ2v) is 5.97. The molecule has 0 atom stereocenters. The molecule has 92 valence electrons. The minimum Gasteiger partial charge on any atom is -0.460 e. The van der Waals surface area contributed by atoms with Gasteiger partial charge >= 0.3 is 0 Å². The Kier molecular flexibility index (Phi) is 3.35. The second-order valence-electron chi connectivity index (χ2n) is 5.03. The van der Waals surface area contributed by atoms with Gasteiger partial charge in [-0.2, -0.15) is 0 Å². The van der Waals surface area contributed by atoms with Gasteiger partial charge in [-0.3, -0.25) is 0 Å². The second kappa shape index (κ2) is 4.63. The molecule has 0 saturated carbocycles. The number of nitrogens with zero attached hydrogens (tertiary/aromatic N) is 1. The number of nitrogens with two attached hydrogens (primary N) is 1. The third-order valence-corrected chi connectivity index (χ3v) is 3.44. The highest BCUT2D eigenvalue weighted by Crippen LogP contribution is 2.25. The van der Waals surface area contributed by atoms with Crippen LogP contribution in [-0.2, 0) is 6.42 Å². The molecule has 0 aliphatic rings. The molecule has 2 aromatic heterocycles. The number of hydrogen-bond acceptors (Lipinski definition) is 4. The van der Waals surface area contributed by atoms with Crippen LogP contribution < -0.4 is 5.73 Å². The van der Waals surface area contributed by atoms with Crippen LogP contribution in [0.3, 0.4) is 0 Å². The van der Waals surface area contributed by atoms with E-state index in [1.165, 1.54) is 0 Å². The Balaban J connectivity index is 2.06. The van der Waals surface area contributed by atoms with E-state index in [0.717, 1.165) is 35.1 Å². The Morgan fingerprint density at radius 2 is 2.18 bits per heavy atom. The van der Waals surface area contributed by atoms with Crippen molar-refractivity contribution in [1.82, 2.24) is 4.98 Å². The first-order valence-electron chi connectivity index (χ1n) is 5.74. The van der Waals surface area contributed by atoms with Gasteiger partial charge in [-0.05, 0) is 39.3 Å². The first-order chi connectivity index (χ1) is 7.94. The molecule has 0 amide bonds. The van der Waals surface area contributed by atoms with Gasteiger partial charge in [0.1, 0.15) is 11.5 Å². The molecule has 2 rings (SSSR count). The summed E-state index contributed by atoms with van der Waals surface area (Å²) in [6.07, 6.45) is 1.87. The maximum atomic E-state index is 5.96. The first-order valence-corrected chi connectivity index (χ1v) is 6.62. The molecule has 0 radical (unpaired) electrons. The fourth-order valence-corrected chi connectivity index (χ4v) is 2.33. The van der Waals surface area contributed by atoms with Gasteiger partial charge in [-0.25, -0.2) is 4.98 Å². The van der Waals surface area contributed by atoms with Crippen LogP contribution in [0.5, 0.6) is 0 Å². The van der Waals surface area contributed by atoms with E-state index in [0.29, 0.717) is 0 Å². The summed E-state index contributed by atoms with van der Waals surface area (Å²) in [5.41, 5.74) is 6.76. The molecule has 17 heavy (non-hydrogen) atoms. The number of aryl methyl sites for hydroxylation is 2. The molecule has 2 heterocycles. The van der Waals surface area contributed by atoms with Crippen molar-refractivity contribution in [2.45, 2.75) is 39.2 Å². The van der Waals surface area contributed by atoms with Crippen molar-refractivity contribution in [2.24, 2.45) is 5.73 Å². The Labute approximate surface area is 106 Å². The number of hydrogen-bond donors (Lipinski definition) is 1. The summed E-state index contributed by atoms with van der Waals surface area (Å²) in [4.78, 5) is 4.57. The predicted molar refractivity (Wildman–Crippen MR) is 71.1 cm³/mol. The predicted octanol–water partition coefficient (Wildman–Crippen LogP) is 3.38. The van der Waals surface area contributed by atoms with Crippen molar-refractivity contribution in [2.75, 3.05) is 0 Å². The summed E-state index contributed by atoms with van der Waals surface area (Å²) in [5.74, 6) is 1.76. The molecular weight excluding hydrogens is 232 g/mol. The number of rotatable bonds is 4. The SMILES string of the molecule is Cc1ccc(-c2csc(CCC(C)(C)N)n2)o1. The minimum absolute atomic E-state index is 0.132. The molecule has 0 bridgehead atoms. The van der Waals surface area contributed by atoms with Crippen LogP contribution >= 0.6 is 11.3 Å². The molecule has 0 saturated heterocycles. The largest absolute Gasteiger partial charge is 0.460 e. The molecule has 4 heteroatoms. The Morgan fingerprint density at radius 3 is 2.76 bits per heavy atom. The number of aromatic nitrogens is 1. The summed E-state index contributed by atoms with van der Waals surface area (Å²) in [5, 5.41) is 3.16. The number of furan rings is 1. The summed E-state index contributed by atoms with van der Waals surface area (Å²) in [6.45, 7) is 6.02. The van der Waals surface area contributed by atoms with E-state index in [4.69, 9.17) is 10.2 Å². The lowest BCUT2D eigenvalue weighted by atomic mass is 10.0. The topological polar surface area (TPSA) is 52.0 Å². The van der Waals surface area contributed by atoms with Gasteiger partial charge in [0.05, 0.1) is 5.01 Å². The minimum atomic E-state index is -0.132. The molecule has 2 aromatic rings. The monoisotopic (exact) mass is 250 g/mol. The lowest BCUT2D eigenvalue weighted by molar-refractivity contribution is 0.476. The number of thiazole rings is 1. The standard InChI is InChI=1S/C13H18N2OS/c1-9-4-5-11(16-9)10-8-17-12(15-10)6-7-13(2,3)14/h4-5,8H,6-7,14H2,1-3H3. The summed E-state index contributed by atoms with van der Waals surface area (Å²) < 4.78 is 5.55. The van der Waals surface area contributed by atoms with Crippen LogP contribution in [0.2, 0.25) is 0 Å². The zero-order valence-corrected chi connectivity index (χ0v) is 11.3. The third kappa shape index (κ3) is 3.41. The molecule has 0 unspecified atom stereocenters. The Bertz CT molecular complexity index is 493. The van der Waals surface area contributed by atoms with Crippen molar-refractivity contribution in [3.63, 3.8) is 0 Å². The van der Waals surface area contributed by atoms with Gasteiger partial charge < -0.3 is 10.2 Å². The van der Waals surface area contributed by atoms with E-state index in [9.17, 15) is 0 Å². The third-order valence-electron chi connectivity index (χ3n) is 2.53. The van der Waals surface area contributed by atoms with E-state index < -0.39 is 0 Å². The van der Waals surface area contributed by atoms with Gasteiger partial charge in [-0.15, -0.1) is 11.3 Å². The maximum Gasteiger partial charge on any atom is 0.153 e. The van der Waals surface area contributed by atoms with Crippen molar-refractivity contribution in [3.8, 4) is 11.5 Å². The van der Waals surface area contributed by atoms with Crippen LogP contribution in [0.1, 0.15) is 31.0 Å². The molecule has 3 nitrogen and oxygen atoms in total. The van der Waals surface area contributed by atoms with Crippen molar-refractivity contribution >= 4 is 11.3 Å². The van der Waals surface area contributed by atoms with Crippen molar-refractivity contribution < 1.29 is 4.42 Å². The quantitative estimate of drug-likeness (QED) is 0.905. The lowest BCUT2D eigenvalue weighted by Gasteiger charge is -2.16. The average Bonchev–Trinajstić information content (AvgIpc) is 2.81. The van der Waals surface area contributed by atoms with Gasteiger partial charge in [0, 0.05) is 17.3 Å². The molecule has 0 fully saturated rings. The molecule has 2 N–H and O–H groups in total. The van der Waals surface area contributed by atoms with Crippen LogP contribution in [0.25, 0.3) is 11.5 Å².